The molecule has 0 fully saturated rings. The van der Waals surface area contributed by atoms with E-state index in [4.69, 9.17) is 39.2 Å². The predicted molar refractivity (Wildman–Crippen MR) is 84.9 cm³/mol. The van der Waals surface area contributed by atoms with Gasteiger partial charge in [0.15, 0.2) is 0 Å². The first-order valence-corrected chi connectivity index (χ1v) is 7.94. The summed E-state index contributed by atoms with van der Waals surface area (Å²) in [4.78, 5) is 27.0. The maximum atomic E-state index is 9.00. The molecule has 0 amide bonds. The van der Waals surface area contributed by atoms with E-state index in [2.05, 4.69) is 0 Å². The Morgan fingerprint density at radius 1 is 0.826 bits per heavy atom. The van der Waals surface area contributed by atoms with Gasteiger partial charge >= 0.3 is 82.3 Å². The molecule has 0 atom stereocenters. The predicted octanol–water partition coefficient (Wildman–Crippen LogP) is 0.770. The standard InChI is InChI=1S/C8H9O2.3C2H4O2.Pb/c1-9-7-5-3-4-6-8(7)10-2;3*1-2(3)4;/h3,5-6H,1-2H3;3*1H3,(H,3,4);. The Kier molecular flexibility index (Phi) is 18.7. The summed E-state index contributed by atoms with van der Waals surface area (Å²) in [5.41, 5.74) is 0. The first-order valence-electron chi connectivity index (χ1n) is 6.00. The Balaban J connectivity index is -0.000000278. The topological polar surface area (TPSA) is 130 Å². The SMILES string of the molecule is CC(=O)O.CC(=O)O.CC(=O)O.COc1cc[c]([Pb])cc1OC. The summed E-state index contributed by atoms with van der Waals surface area (Å²) in [6.45, 7) is 3.25. The van der Waals surface area contributed by atoms with Gasteiger partial charge in [-0.2, -0.15) is 0 Å². The van der Waals surface area contributed by atoms with Gasteiger partial charge in [0.2, 0.25) is 0 Å². The van der Waals surface area contributed by atoms with Crippen molar-refractivity contribution in [1.82, 2.24) is 0 Å². The molecule has 0 unspecified atom stereocenters. The molecule has 0 aliphatic carbocycles. The molecule has 9 heteroatoms. The molecule has 3 radical (unpaired) electrons. The summed E-state index contributed by atoms with van der Waals surface area (Å²) >= 11 is 1.04. The van der Waals surface area contributed by atoms with E-state index in [0.717, 1.165) is 58.0 Å². The van der Waals surface area contributed by atoms with E-state index in [1.165, 1.54) is 3.12 Å². The number of hydrogen-bond donors (Lipinski definition) is 3. The molecular weight excluding hydrogens is 503 g/mol. The van der Waals surface area contributed by atoms with Crippen molar-refractivity contribution >= 4 is 46.8 Å². The Morgan fingerprint density at radius 3 is 1.39 bits per heavy atom. The summed E-state index contributed by atoms with van der Waals surface area (Å²) in [7, 11) is 3.30. The zero-order valence-electron chi connectivity index (χ0n) is 13.6. The molecule has 0 heterocycles. The average Bonchev–Trinajstić information content (AvgIpc) is 2.36. The molecule has 0 bridgehead atoms. The van der Waals surface area contributed by atoms with Crippen molar-refractivity contribution in [3.05, 3.63) is 18.2 Å². The van der Waals surface area contributed by atoms with E-state index in [1.807, 2.05) is 18.2 Å². The molecule has 0 saturated carbocycles. The van der Waals surface area contributed by atoms with Crippen LogP contribution >= 0.6 is 0 Å². The molecule has 1 aromatic carbocycles. The maximum absolute atomic E-state index is 9.00. The van der Waals surface area contributed by atoms with E-state index < -0.39 is 17.9 Å². The van der Waals surface area contributed by atoms with Gasteiger partial charge in [-0.3, -0.25) is 14.4 Å². The minimum absolute atomic E-state index is 0.798. The zero-order valence-corrected chi connectivity index (χ0v) is 17.5. The van der Waals surface area contributed by atoms with Gasteiger partial charge in [-0.25, -0.2) is 0 Å². The summed E-state index contributed by atoms with van der Waals surface area (Å²) in [6, 6.07) is 5.99. The number of aliphatic carboxylic acids is 3. The van der Waals surface area contributed by atoms with E-state index in [-0.39, 0.29) is 0 Å². The fourth-order valence-electron chi connectivity index (χ4n) is 0.836. The molecule has 0 aliphatic heterocycles. The molecule has 23 heavy (non-hydrogen) atoms. The van der Waals surface area contributed by atoms with E-state index in [9.17, 15) is 0 Å². The van der Waals surface area contributed by atoms with Gasteiger partial charge in [0.25, 0.3) is 17.9 Å². The van der Waals surface area contributed by atoms with Crippen LogP contribution in [0.15, 0.2) is 18.2 Å². The van der Waals surface area contributed by atoms with Crippen molar-refractivity contribution in [3.63, 3.8) is 0 Å². The number of ether oxygens (including phenoxy) is 2. The monoisotopic (exact) mass is 525 g/mol. The number of carboxylic acids is 3. The number of rotatable bonds is 2. The summed E-state index contributed by atoms with van der Waals surface area (Å²) in [5, 5.41) is 22.2. The minimum atomic E-state index is -0.833. The number of benzene rings is 1. The second-order valence-electron chi connectivity index (χ2n) is 3.63. The molecule has 0 saturated heterocycles. The third-order valence-electron chi connectivity index (χ3n) is 1.38. The summed E-state index contributed by atoms with van der Waals surface area (Å²) < 4.78 is 11.5. The van der Waals surface area contributed by atoms with Crippen LogP contribution in [-0.2, 0) is 14.4 Å². The second kappa shape index (κ2) is 16.5. The first-order chi connectivity index (χ1) is 10.5. The van der Waals surface area contributed by atoms with E-state index in [0.29, 0.717) is 0 Å². The second-order valence-corrected chi connectivity index (χ2v) is 5.87. The van der Waals surface area contributed by atoms with Crippen molar-refractivity contribution in [1.29, 1.82) is 0 Å². The van der Waals surface area contributed by atoms with Crippen LogP contribution < -0.4 is 12.6 Å². The van der Waals surface area contributed by atoms with Crippen LogP contribution in [0, 0.1) is 0 Å². The van der Waals surface area contributed by atoms with Crippen LogP contribution in [-0.4, -0.2) is 73.2 Å². The van der Waals surface area contributed by atoms with Gasteiger partial charge in [-0.15, -0.1) is 0 Å². The number of hydrogen-bond acceptors (Lipinski definition) is 5. The number of carbonyl (C=O) groups is 3. The zero-order chi connectivity index (χ0) is 19.0. The molecule has 3 N–H and O–H groups in total. The Labute approximate surface area is 150 Å². The Bertz CT molecular complexity index is 447. The summed E-state index contributed by atoms with van der Waals surface area (Å²) in [5.74, 6) is -0.882. The van der Waals surface area contributed by atoms with Gasteiger partial charge in [0.1, 0.15) is 0 Å². The van der Waals surface area contributed by atoms with Crippen molar-refractivity contribution < 1.29 is 39.2 Å². The van der Waals surface area contributed by atoms with Crippen molar-refractivity contribution in [2.75, 3.05) is 14.2 Å². The van der Waals surface area contributed by atoms with Crippen LogP contribution in [0.25, 0.3) is 0 Å². The van der Waals surface area contributed by atoms with Crippen LogP contribution in [0.5, 0.6) is 11.5 Å². The molecule has 1 aromatic rings. The fraction of sp³-hybridized carbons (Fsp3) is 0.357. The molecule has 0 aliphatic rings. The number of methoxy groups -OCH3 is 2. The van der Waals surface area contributed by atoms with E-state index >= 15 is 0 Å². The molecule has 8 nitrogen and oxygen atoms in total. The van der Waals surface area contributed by atoms with Crippen LogP contribution in [0.4, 0.5) is 0 Å². The van der Waals surface area contributed by atoms with Crippen LogP contribution in [0.1, 0.15) is 20.8 Å². The normalized spacial score (nSPS) is 7.74. The molecule has 129 valence electrons. The number of carboxylic acid groups (broad SMARTS) is 3. The summed E-state index contributed by atoms with van der Waals surface area (Å²) in [6.07, 6.45) is 0. The Hall–Kier alpha value is -1.85. The molecule has 1 rings (SSSR count). The van der Waals surface area contributed by atoms with Gasteiger partial charge in [0.05, 0.1) is 0 Å². The molecule has 0 aromatic heterocycles. The van der Waals surface area contributed by atoms with Crippen LogP contribution in [0.3, 0.4) is 0 Å². The third-order valence-corrected chi connectivity index (χ3v) is 2.59. The fourth-order valence-corrected chi connectivity index (χ4v) is 1.67. The van der Waals surface area contributed by atoms with E-state index in [1.54, 1.807) is 14.2 Å². The third kappa shape index (κ3) is 28.9. The van der Waals surface area contributed by atoms with Crippen molar-refractivity contribution in [2.24, 2.45) is 0 Å². The quantitative estimate of drug-likeness (QED) is 0.484. The molecule has 0 spiro atoms. The van der Waals surface area contributed by atoms with Crippen molar-refractivity contribution in [3.8, 4) is 11.5 Å². The van der Waals surface area contributed by atoms with Gasteiger partial charge < -0.3 is 15.3 Å². The van der Waals surface area contributed by atoms with Crippen molar-refractivity contribution in [2.45, 2.75) is 20.8 Å². The van der Waals surface area contributed by atoms with Gasteiger partial charge in [-0.1, -0.05) is 0 Å². The van der Waals surface area contributed by atoms with Gasteiger partial charge in [-0.05, 0) is 0 Å². The Morgan fingerprint density at radius 2 is 1.13 bits per heavy atom. The average molecular weight is 525 g/mol. The van der Waals surface area contributed by atoms with Crippen LogP contribution in [0.2, 0.25) is 0 Å². The molecular formula is C14H21O8Pb. The van der Waals surface area contributed by atoms with Gasteiger partial charge in [0, 0.05) is 20.8 Å². The first kappa shape index (κ1) is 26.1.